The van der Waals surface area contributed by atoms with Crippen LogP contribution in [0.2, 0.25) is 0 Å². The molecule has 0 aliphatic heterocycles. The Bertz CT molecular complexity index is 345. The Labute approximate surface area is 106 Å². The first-order chi connectivity index (χ1) is 8.04. The Hall–Kier alpha value is -1.18. The van der Waals surface area contributed by atoms with Gasteiger partial charge in [-0.2, -0.15) is 0 Å². The van der Waals surface area contributed by atoms with Crippen molar-refractivity contribution in [2.24, 2.45) is 5.92 Å². The third-order valence-corrected chi connectivity index (χ3v) is 3.15. The summed E-state index contributed by atoms with van der Waals surface area (Å²) in [5, 5.41) is 3.55. The summed E-state index contributed by atoms with van der Waals surface area (Å²) < 4.78 is 0. The molecule has 2 heteroatoms. The molecule has 0 spiro atoms. The average molecular weight is 234 g/mol. The molecule has 0 saturated carbocycles. The highest BCUT2D eigenvalue weighted by atomic mass is 15.1. The Kier molecular flexibility index (Phi) is 5.33. The highest BCUT2D eigenvalue weighted by Crippen LogP contribution is 2.21. The van der Waals surface area contributed by atoms with E-state index in [1.807, 2.05) is 0 Å². The molecule has 17 heavy (non-hydrogen) atoms. The molecule has 1 unspecified atom stereocenters. The molecule has 0 radical (unpaired) electrons. The summed E-state index contributed by atoms with van der Waals surface area (Å²) in [4.78, 5) is 2.14. The van der Waals surface area contributed by atoms with Gasteiger partial charge in [0.15, 0.2) is 0 Å². The van der Waals surface area contributed by atoms with E-state index in [1.165, 1.54) is 29.8 Å². The second kappa shape index (κ2) is 6.53. The predicted molar refractivity (Wildman–Crippen MR) is 78.1 cm³/mol. The molecule has 96 valence electrons. The maximum atomic E-state index is 3.55. The van der Waals surface area contributed by atoms with E-state index < -0.39 is 0 Å². The molecule has 1 aromatic rings. The van der Waals surface area contributed by atoms with Gasteiger partial charge in [-0.1, -0.05) is 20.3 Å². The third-order valence-electron chi connectivity index (χ3n) is 3.15. The molecule has 0 saturated heterocycles. The molecule has 2 nitrogen and oxygen atoms in total. The van der Waals surface area contributed by atoms with E-state index in [0.29, 0.717) is 0 Å². The van der Waals surface area contributed by atoms with Gasteiger partial charge in [-0.05, 0) is 43.0 Å². The quantitative estimate of drug-likeness (QED) is 0.803. The Morgan fingerprint density at radius 2 is 2.00 bits per heavy atom. The number of hydrogen-bond donors (Lipinski definition) is 1. The number of nitrogens with one attached hydrogen (secondary N) is 1. The Morgan fingerprint density at radius 3 is 2.53 bits per heavy atom. The largest absolute Gasteiger partial charge is 0.385 e. The molecule has 1 N–H and O–H groups in total. The van der Waals surface area contributed by atoms with Crippen molar-refractivity contribution in [1.29, 1.82) is 0 Å². The molecule has 0 aliphatic carbocycles. The summed E-state index contributed by atoms with van der Waals surface area (Å²) >= 11 is 0. The van der Waals surface area contributed by atoms with Crippen molar-refractivity contribution in [2.45, 2.75) is 33.6 Å². The van der Waals surface area contributed by atoms with Crippen molar-refractivity contribution in [1.82, 2.24) is 0 Å². The average Bonchev–Trinajstić information content (AvgIpc) is 2.27. The molecule has 1 aromatic carbocycles. The molecular weight excluding hydrogens is 208 g/mol. The van der Waals surface area contributed by atoms with Crippen LogP contribution in [0.3, 0.4) is 0 Å². The Balaban J connectivity index is 2.60. The molecule has 1 rings (SSSR count). The smallest absolute Gasteiger partial charge is 0.0371 e. The summed E-state index contributed by atoms with van der Waals surface area (Å²) in [6.45, 7) is 7.78. The van der Waals surface area contributed by atoms with Crippen molar-refractivity contribution >= 4 is 11.4 Å². The van der Waals surface area contributed by atoms with E-state index in [9.17, 15) is 0 Å². The molecule has 0 bridgehead atoms. The fourth-order valence-corrected chi connectivity index (χ4v) is 2.00. The lowest BCUT2D eigenvalue weighted by Crippen LogP contribution is -2.13. The number of anilines is 2. The number of benzene rings is 1. The SMILES string of the molecule is CCCC(C)CNc1ccc(N(C)C)cc1C. The summed E-state index contributed by atoms with van der Waals surface area (Å²) in [7, 11) is 4.15. The van der Waals surface area contributed by atoms with Gasteiger partial charge >= 0.3 is 0 Å². The van der Waals surface area contributed by atoms with Gasteiger partial charge in [0.2, 0.25) is 0 Å². The van der Waals surface area contributed by atoms with Gasteiger partial charge in [0, 0.05) is 32.0 Å². The molecule has 1 atom stereocenters. The van der Waals surface area contributed by atoms with Crippen LogP contribution in [0.15, 0.2) is 18.2 Å². The van der Waals surface area contributed by atoms with Crippen LogP contribution in [0.5, 0.6) is 0 Å². The van der Waals surface area contributed by atoms with Gasteiger partial charge < -0.3 is 10.2 Å². The standard InChI is InChI=1S/C15H26N2/c1-6-7-12(2)11-16-15-9-8-14(17(4)5)10-13(15)3/h8-10,12,16H,6-7,11H2,1-5H3. The third kappa shape index (κ3) is 4.29. The van der Waals surface area contributed by atoms with Gasteiger partial charge in [-0.25, -0.2) is 0 Å². The molecule has 0 aromatic heterocycles. The van der Waals surface area contributed by atoms with E-state index in [4.69, 9.17) is 0 Å². The summed E-state index contributed by atoms with van der Waals surface area (Å²) in [5.41, 5.74) is 3.84. The van der Waals surface area contributed by atoms with Crippen LogP contribution < -0.4 is 10.2 Å². The van der Waals surface area contributed by atoms with Crippen molar-refractivity contribution in [3.05, 3.63) is 23.8 Å². The van der Waals surface area contributed by atoms with E-state index in [0.717, 1.165) is 12.5 Å². The van der Waals surface area contributed by atoms with E-state index >= 15 is 0 Å². The zero-order chi connectivity index (χ0) is 12.8. The number of rotatable bonds is 6. The minimum Gasteiger partial charge on any atom is -0.385 e. The highest BCUT2D eigenvalue weighted by molar-refractivity contribution is 5.59. The van der Waals surface area contributed by atoms with Crippen LogP contribution in [-0.4, -0.2) is 20.6 Å². The topological polar surface area (TPSA) is 15.3 Å². The van der Waals surface area contributed by atoms with Crippen molar-refractivity contribution in [3.63, 3.8) is 0 Å². The number of hydrogen-bond acceptors (Lipinski definition) is 2. The summed E-state index contributed by atoms with van der Waals surface area (Å²) in [6.07, 6.45) is 2.56. The predicted octanol–water partition coefficient (Wildman–Crippen LogP) is 3.91. The van der Waals surface area contributed by atoms with Crippen LogP contribution in [0, 0.1) is 12.8 Å². The lowest BCUT2D eigenvalue weighted by Gasteiger charge is -2.17. The molecule has 0 amide bonds. The van der Waals surface area contributed by atoms with E-state index in [1.54, 1.807) is 0 Å². The summed E-state index contributed by atoms with van der Waals surface area (Å²) in [6, 6.07) is 6.58. The first kappa shape index (κ1) is 13.9. The van der Waals surface area contributed by atoms with Gasteiger partial charge in [-0.3, -0.25) is 0 Å². The van der Waals surface area contributed by atoms with Crippen LogP contribution in [-0.2, 0) is 0 Å². The fourth-order valence-electron chi connectivity index (χ4n) is 2.00. The highest BCUT2D eigenvalue weighted by Gasteiger charge is 2.04. The Morgan fingerprint density at radius 1 is 1.29 bits per heavy atom. The zero-order valence-electron chi connectivity index (χ0n) is 11.9. The fraction of sp³-hybridized carbons (Fsp3) is 0.600. The first-order valence-electron chi connectivity index (χ1n) is 6.56. The maximum Gasteiger partial charge on any atom is 0.0371 e. The number of nitrogens with zero attached hydrogens (tertiary/aromatic N) is 1. The van der Waals surface area contributed by atoms with Gasteiger partial charge in [-0.15, -0.1) is 0 Å². The van der Waals surface area contributed by atoms with Gasteiger partial charge in [0.05, 0.1) is 0 Å². The van der Waals surface area contributed by atoms with Crippen LogP contribution in [0.25, 0.3) is 0 Å². The normalized spacial score (nSPS) is 12.3. The van der Waals surface area contributed by atoms with Crippen molar-refractivity contribution < 1.29 is 0 Å². The second-order valence-corrected chi connectivity index (χ2v) is 5.17. The molecular formula is C15H26N2. The maximum absolute atomic E-state index is 3.55. The van der Waals surface area contributed by atoms with Crippen LogP contribution >= 0.6 is 0 Å². The minimum absolute atomic E-state index is 0.743. The number of aryl methyl sites for hydroxylation is 1. The first-order valence-corrected chi connectivity index (χ1v) is 6.56. The van der Waals surface area contributed by atoms with E-state index in [-0.39, 0.29) is 0 Å². The molecule has 0 heterocycles. The minimum atomic E-state index is 0.743. The second-order valence-electron chi connectivity index (χ2n) is 5.17. The molecule has 0 aliphatic rings. The van der Waals surface area contributed by atoms with Gasteiger partial charge in [0.25, 0.3) is 0 Å². The summed E-state index contributed by atoms with van der Waals surface area (Å²) in [5.74, 6) is 0.743. The van der Waals surface area contributed by atoms with Crippen molar-refractivity contribution in [3.8, 4) is 0 Å². The lowest BCUT2D eigenvalue weighted by atomic mass is 10.1. The molecule has 0 fully saturated rings. The zero-order valence-corrected chi connectivity index (χ0v) is 11.9. The van der Waals surface area contributed by atoms with Crippen LogP contribution in [0.4, 0.5) is 11.4 Å². The lowest BCUT2D eigenvalue weighted by molar-refractivity contribution is 0.550. The van der Waals surface area contributed by atoms with Crippen molar-refractivity contribution in [2.75, 3.05) is 30.9 Å². The van der Waals surface area contributed by atoms with Crippen LogP contribution in [0.1, 0.15) is 32.3 Å². The monoisotopic (exact) mass is 234 g/mol. The van der Waals surface area contributed by atoms with Gasteiger partial charge in [0.1, 0.15) is 0 Å². The van der Waals surface area contributed by atoms with E-state index in [2.05, 4.69) is 63.3 Å².